The Bertz CT molecular complexity index is 417. The van der Waals surface area contributed by atoms with E-state index in [2.05, 4.69) is 0 Å². The van der Waals surface area contributed by atoms with Crippen LogP contribution in [-0.2, 0) is 0 Å². The second-order valence-corrected chi connectivity index (χ2v) is 3.82. The summed E-state index contributed by atoms with van der Waals surface area (Å²) in [5.41, 5.74) is 0.257. The molecular formula is C12H15NO4. The summed E-state index contributed by atoms with van der Waals surface area (Å²) in [5.74, 6) is 0.153. The Morgan fingerprint density at radius 3 is 2.76 bits per heavy atom. The van der Waals surface area contributed by atoms with Gasteiger partial charge in [-0.2, -0.15) is 0 Å². The van der Waals surface area contributed by atoms with Gasteiger partial charge in [-0.25, -0.2) is 0 Å². The lowest BCUT2D eigenvalue weighted by Crippen LogP contribution is -2.12. The summed E-state index contributed by atoms with van der Waals surface area (Å²) in [6.07, 6.45) is 2.27. The molecule has 0 aliphatic carbocycles. The van der Waals surface area contributed by atoms with Crippen molar-refractivity contribution in [2.24, 2.45) is 0 Å². The molecule has 0 radical (unpaired) electrons. The van der Waals surface area contributed by atoms with Gasteiger partial charge in [-0.3, -0.25) is 14.9 Å². The fourth-order valence-electron chi connectivity index (χ4n) is 1.53. The molecule has 1 unspecified atom stereocenters. The van der Waals surface area contributed by atoms with E-state index in [4.69, 9.17) is 4.74 Å². The standard InChI is InChI=1S/C12H15NO4/c1-3-4-9(2)17-12-7-10(8-14)5-6-11(12)13(15)16/h5-9H,3-4H2,1-2H3. The topological polar surface area (TPSA) is 69.4 Å². The third kappa shape index (κ3) is 3.55. The summed E-state index contributed by atoms with van der Waals surface area (Å²) in [6.45, 7) is 3.86. The van der Waals surface area contributed by atoms with Gasteiger partial charge in [-0.1, -0.05) is 13.3 Å². The van der Waals surface area contributed by atoms with Crippen LogP contribution in [-0.4, -0.2) is 17.3 Å². The van der Waals surface area contributed by atoms with E-state index in [1.165, 1.54) is 18.2 Å². The minimum atomic E-state index is -0.511. The van der Waals surface area contributed by atoms with Crippen LogP contribution in [0.2, 0.25) is 0 Å². The first-order valence-corrected chi connectivity index (χ1v) is 5.48. The third-order valence-electron chi connectivity index (χ3n) is 2.34. The number of carbonyl (C=O) groups excluding carboxylic acids is 1. The van der Waals surface area contributed by atoms with Gasteiger partial charge >= 0.3 is 5.69 Å². The predicted octanol–water partition coefficient (Wildman–Crippen LogP) is 2.97. The maximum atomic E-state index is 10.8. The van der Waals surface area contributed by atoms with Gasteiger partial charge in [0.25, 0.3) is 0 Å². The maximum absolute atomic E-state index is 10.8. The number of ether oxygens (including phenoxy) is 1. The average molecular weight is 237 g/mol. The lowest BCUT2D eigenvalue weighted by molar-refractivity contribution is -0.386. The van der Waals surface area contributed by atoms with Crippen molar-refractivity contribution in [1.29, 1.82) is 0 Å². The molecule has 5 nitrogen and oxygen atoms in total. The van der Waals surface area contributed by atoms with E-state index in [-0.39, 0.29) is 17.5 Å². The minimum Gasteiger partial charge on any atom is -0.484 e. The van der Waals surface area contributed by atoms with Crippen LogP contribution in [0, 0.1) is 10.1 Å². The van der Waals surface area contributed by atoms with Gasteiger partial charge in [-0.15, -0.1) is 0 Å². The van der Waals surface area contributed by atoms with Crippen LogP contribution >= 0.6 is 0 Å². The van der Waals surface area contributed by atoms with Crippen molar-refractivity contribution in [3.8, 4) is 5.75 Å². The van der Waals surface area contributed by atoms with Crippen molar-refractivity contribution >= 4 is 12.0 Å². The summed E-state index contributed by atoms with van der Waals surface area (Å²) in [7, 11) is 0. The highest BCUT2D eigenvalue weighted by Gasteiger charge is 2.17. The number of rotatable bonds is 6. The number of aldehydes is 1. The Hall–Kier alpha value is -1.91. The van der Waals surface area contributed by atoms with Gasteiger partial charge in [0.05, 0.1) is 11.0 Å². The average Bonchev–Trinajstić information content (AvgIpc) is 2.28. The summed E-state index contributed by atoms with van der Waals surface area (Å²) in [4.78, 5) is 20.9. The number of hydrogen-bond donors (Lipinski definition) is 0. The van der Waals surface area contributed by atoms with E-state index in [0.717, 1.165) is 12.8 Å². The Kier molecular flexibility index (Phi) is 4.63. The van der Waals surface area contributed by atoms with E-state index in [9.17, 15) is 14.9 Å². The lowest BCUT2D eigenvalue weighted by Gasteiger charge is -2.13. The number of nitrogens with zero attached hydrogens (tertiary/aromatic N) is 1. The molecule has 0 saturated carbocycles. The highest BCUT2D eigenvalue weighted by Crippen LogP contribution is 2.28. The molecule has 0 spiro atoms. The first-order valence-electron chi connectivity index (χ1n) is 5.48. The molecule has 1 aromatic carbocycles. The third-order valence-corrected chi connectivity index (χ3v) is 2.34. The van der Waals surface area contributed by atoms with E-state index in [1.807, 2.05) is 13.8 Å². The molecule has 0 fully saturated rings. The summed E-state index contributed by atoms with van der Waals surface area (Å²) < 4.78 is 5.49. The summed E-state index contributed by atoms with van der Waals surface area (Å²) in [6, 6.07) is 4.09. The minimum absolute atomic E-state index is 0.111. The zero-order valence-corrected chi connectivity index (χ0v) is 9.88. The molecule has 5 heteroatoms. The van der Waals surface area contributed by atoms with E-state index in [1.54, 1.807) is 0 Å². The molecule has 0 N–H and O–H groups in total. The number of hydrogen-bond acceptors (Lipinski definition) is 4. The van der Waals surface area contributed by atoms with Gasteiger partial charge in [0.2, 0.25) is 0 Å². The molecule has 0 aromatic heterocycles. The first kappa shape index (κ1) is 13.2. The second-order valence-electron chi connectivity index (χ2n) is 3.82. The highest BCUT2D eigenvalue weighted by atomic mass is 16.6. The molecule has 1 atom stereocenters. The van der Waals surface area contributed by atoms with Gasteiger partial charge in [-0.05, 0) is 25.5 Å². The van der Waals surface area contributed by atoms with Crippen molar-refractivity contribution in [3.05, 3.63) is 33.9 Å². The van der Waals surface area contributed by atoms with Crippen molar-refractivity contribution in [2.75, 3.05) is 0 Å². The predicted molar refractivity (Wildman–Crippen MR) is 63.5 cm³/mol. The molecule has 17 heavy (non-hydrogen) atoms. The van der Waals surface area contributed by atoms with Crippen LogP contribution in [0.1, 0.15) is 37.0 Å². The Morgan fingerprint density at radius 2 is 2.24 bits per heavy atom. The van der Waals surface area contributed by atoms with Crippen LogP contribution in [0.3, 0.4) is 0 Å². The van der Waals surface area contributed by atoms with Crippen molar-refractivity contribution in [2.45, 2.75) is 32.8 Å². The maximum Gasteiger partial charge on any atom is 0.310 e. The van der Waals surface area contributed by atoms with Crippen LogP contribution in [0.25, 0.3) is 0 Å². The zero-order valence-electron chi connectivity index (χ0n) is 9.88. The Morgan fingerprint density at radius 1 is 1.53 bits per heavy atom. The number of carbonyl (C=O) groups is 1. The van der Waals surface area contributed by atoms with Crippen LogP contribution in [0.4, 0.5) is 5.69 Å². The fourth-order valence-corrected chi connectivity index (χ4v) is 1.53. The lowest BCUT2D eigenvalue weighted by atomic mass is 10.2. The van der Waals surface area contributed by atoms with Crippen molar-refractivity contribution in [3.63, 3.8) is 0 Å². The molecule has 0 heterocycles. The molecule has 0 bridgehead atoms. The SMILES string of the molecule is CCCC(C)Oc1cc(C=O)ccc1[N+](=O)[O-]. The van der Waals surface area contributed by atoms with Gasteiger partial charge in [0, 0.05) is 11.6 Å². The highest BCUT2D eigenvalue weighted by molar-refractivity contribution is 5.76. The van der Waals surface area contributed by atoms with Crippen LogP contribution < -0.4 is 4.74 Å². The fraction of sp³-hybridized carbons (Fsp3) is 0.417. The van der Waals surface area contributed by atoms with E-state index >= 15 is 0 Å². The quantitative estimate of drug-likeness (QED) is 0.433. The smallest absolute Gasteiger partial charge is 0.310 e. The molecule has 1 aromatic rings. The van der Waals surface area contributed by atoms with Gasteiger partial charge in [0.15, 0.2) is 5.75 Å². The first-order chi connectivity index (χ1) is 8.08. The van der Waals surface area contributed by atoms with E-state index < -0.39 is 4.92 Å². The van der Waals surface area contributed by atoms with Crippen molar-refractivity contribution < 1.29 is 14.5 Å². The van der Waals surface area contributed by atoms with E-state index in [0.29, 0.717) is 11.8 Å². The molecule has 0 saturated heterocycles. The molecule has 0 aliphatic heterocycles. The second kappa shape index (κ2) is 5.98. The molecule has 0 aliphatic rings. The Labute approximate surface area is 99.5 Å². The summed E-state index contributed by atoms with van der Waals surface area (Å²) >= 11 is 0. The number of nitro groups is 1. The van der Waals surface area contributed by atoms with Gasteiger partial charge < -0.3 is 4.74 Å². The van der Waals surface area contributed by atoms with Crippen molar-refractivity contribution in [1.82, 2.24) is 0 Å². The molecule has 0 amide bonds. The van der Waals surface area contributed by atoms with Crippen LogP contribution in [0.15, 0.2) is 18.2 Å². The normalized spacial score (nSPS) is 11.9. The summed E-state index contributed by atoms with van der Waals surface area (Å²) in [5, 5.41) is 10.8. The van der Waals surface area contributed by atoms with Crippen LogP contribution in [0.5, 0.6) is 5.75 Å². The largest absolute Gasteiger partial charge is 0.484 e. The molecule has 92 valence electrons. The number of benzene rings is 1. The molecule has 1 rings (SSSR count). The Balaban J connectivity index is 3.00. The van der Waals surface area contributed by atoms with Gasteiger partial charge in [0.1, 0.15) is 6.29 Å². The molecular weight excluding hydrogens is 222 g/mol. The zero-order chi connectivity index (χ0) is 12.8. The number of nitro benzene ring substituents is 1. The monoisotopic (exact) mass is 237 g/mol.